The minimum atomic E-state index is 0. The van der Waals surface area contributed by atoms with Crippen LogP contribution in [0.3, 0.4) is 0 Å². The van der Waals surface area contributed by atoms with Crippen LogP contribution >= 0.6 is 24.8 Å². The normalized spacial score (nSPS) is 23.3. The van der Waals surface area contributed by atoms with E-state index >= 15 is 0 Å². The van der Waals surface area contributed by atoms with Crippen molar-refractivity contribution in [3.05, 3.63) is 53.5 Å². The molecule has 1 aromatic heterocycles. The Morgan fingerprint density at radius 3 is 2.71 bits per heavy atom. The number of halogens is 2. The lowest BCUT2D eigenvalue weighted by Crippen LogP contribution is -2.49. The topological polar surface area (TPSA) is 52.0 Å². The number of amides is 1. The van der Waals surface area contributed by atoms with E-state index in [4.69, 9.17) is 4.42 Å². The van der Waals surface area contributed by atoms with E-state index in [0.717, 1.165) is 57.7 Å². The summed E-state index contributed by atoms with van der Waals surface area (Å²) in [5.74, 6) is 0.560. The van der Waals surface area contributed by atoms with Crippen LogP contribution in [0.2, 0.25) is 0 Å². The van der Waals surface area contributed by atoms with Crippen molar-refractivity contribution in [1.29, 1.82) is 0 Å². The Bertz CT molecular complexity index is 884. The first-order chi connectivity index (χ1) is 14.2. The summed E-state index contributed by atoms with van der Waals surface area (Å²) in [7, 11) is 0. The summed E-state index contributed by atoms with van der Waals surface area (Å²) in [4.78, 5) is 20.1. The van der Waals surface area contributed by atoms with Gasteiger partial charge in [-0.2, -0.15) is 0 Å². The highest BCUT2D eigenvalue weighted by molar-refractivity contribution is 5.93. The van der Waals surface area contributed by atoms with Crippen LogP contribution in [0.15, 0.2) is 41.0 Å². The summed E-state index contributed by atoms with van der Waals surface area (Å²) in [6.45, 7) is 8.82. The summed E-state index contributed by atoms with van der Waals surface area (Å²) in [6, 6.07) is 11.4. The van der Waals surface area contributed by atoms with E-state index < -0.39 is 0 Å². The first-order valence-electron chi connectivity index (χ1n) is 10.9. The average molecular weight is 467 g/mol. The zero-order chi connectivity index (χ0) is 19.8. The van der Waals surface area contributed by atoms with Gasteiger partial charge in [-0.25, -0.2) is 0 Å². The van der Waals surface area contributed by atoms with Crippen LogP contribution in [0.1, 0.15) is 35.0 Å². The number of nitrogens with zero attached hydrogens (tertiary/aromatic N) is 3. The van der Waals surface area contributed by atoms with Gasteiger partial charge in [-0.3, -0.25) is 9.69 Å². The van der Waals surface area contributed by atoms with Gasteiger partial charge in [-0.15, -0.1) is 24.8 Å². The summed E-state index contributed by atoms with van der Waals surface area (Å²) in [5.41, 5.74) is 3.65. The zero-order valence-corrected chi connectivity index (χ0v) is 19.6. The Kier molecular flexibility index (Phi) is 7.92. The number of carbonyl (C=O) groups is 1. The number of carbonyl (C=O) groups excluding carboxylic acids is 1. The van der Waals surface area contributed by atoms with Crippen molar-refractivity contribution in [3.8, 4) is 0 Å². The molecule has 0 aliphatic carbocycles. The monoisotopic (exact) mass is 466 g/mol. The maximum atomic E-state index is 13.2. The molecule has 31 heavy (non-hydrogen) atoms. The van der Waals surface area contributed by atoms with Crippen molar-refractivity contribution in [2.24, 2.45) is 0 Å². The highest BCUT2D eigenvalue weighted by atomic mass is 35.5. The van der Waals surface area contributed by atoms with E-state index in [1.165, 1.54) is 11.3 Å². The van der Waals surface area contributed by atoms with Gasteiger partial charge < -0.3 is 19.5 Å². The third-order valence-corrected chi connectivity index (χ3v) is 6.75. The molecule has 170 valence electrons. The van der Waals surface area contributed by atoms with E-state index in [9.17, 15) is 4.79 Å². The molecular formula is C23H32Cl2N4O2. The van der Waals surface area contributed by atoms with Crippen LogP contribution in [0.4, 0.5) is 5.69 Å². The second-order valence-electron chi connectivity index (χ2n) is 8.56. The predicted molar refractivity (Wildman–Crippen MR) is 128 cm³/mol. The second kappa shape index (κ2) is 10.3. The van der Waals surface area contributed by atoms with Crippen LogP contribution in [-0.4, -0.2) is 67.1 Å². The Morgan fingerprint density at radius 1 is 1.13 bits per heavy atom. The molecule has 4 heterocycles. The van der Waals surface area contributed by atoms with Gasteiger partial charge in [0.1, 0.15) is 0 Å². The number of anilines is 1. The molecule has 0 saturated carbocycles. The molecule has 0 radical (unpaired) electrons. The molecule has 1 amide bonds. The molecule has 2 saturated heterocycles. The molecule has 0 bridgehead atoms. The quantitative estimate of drug-likeness (QED) is 0.749. The number of hydrogen-bond acceptors (Lipinski definition) is 5. The molecule has 2 fully saturated rings. The van der Waals surface area contributed by atoms with Gasteiger partial charge >= 0.3 is 0 Å². The number of rotatable bonds is 4. The molecule has 2 unspecified atom stereocenters. The van der Waals surface area contributed by atoms with Crippen molar-refractivity contribution >= 4 is 36.4 Å². The molecule has 8 heteroatoms. The highest BCUT2D eigenvalue weighted by Crippen LogP contribution is 2.34. The molecule has 3 aliphatic rings. The number of hydrogen-bond donors (Lipinski definition) is 1. The van der Waals surface area contributed by atoms with Crippen molar-refractivity contribution in [1.82, 2.24) is 15.1 Å². The van der Waals surface area contributed by atoms with Crippen LogP contribution < -0.4 is 10.2 Å². The SMILES string of the molecule is CC1Cc2ccccc2N1Cc1ccoc1C(=O)N1CCC(N2CCNCC2)C1.Cl.Cl. The maximum Gasteiger partial charge on any atom is 0.289 e. The van der Waals surface area contributed by atoms with Gasteiger partial charge in [0, 0.05) is 69.1 Å². The number of benzene rings is 1. The van der Waals surface area contributed by atoms with E-state index in [0.29, 0.717) is 24.4 Å². The fraction of sp³-hybridized carbons (Fsp3) is 0.522. The number of piperazine rings is 1. The Labute approximate surface area is 196 Å². The highest BCUT2D eigenvalue weighted by Gasteiger charge is 2.34. The molecule has 2 atom stereocenters. The molecule has 1 N–H and O–H groups in total. The molecule has 5 rings (SSSR count). The Morgan fingerprint density at radius 2 is 1.90 bits per heavy atom. The summed E-state index contributed by atoms with van der Waals surface area (Å²) in [6.07, 6.45) is 3.77. The lowest BCUT2D eigenvalue weighted by atomic mass is 10.1. The van der Waals surface area contributed by atoms with Gasteiger partial charge in [0.15, 0.2) is 5.76 Å². The number of para-hydroxylation sites is 1. The molecular weight excluding hydrogens is 435 g/mol. The van der Waals surface area contributed by atoms with Crippen molar-refractivity contribution < 1.29 is 9.21 Å². The predicted octanol–water partition coefficient (Wildman–Crippen LogP) is 3.19. The zero-order valence-electron chi connectivity index (χ0n) is 18.0. The lowest BCUT2D eigenvalue weighted by Gasteiger charge is -2.32. The van der Waals surface area contributed by atoms with Crippen LogP contribution in [-0.2, 0) is 13.0 Å². The maximum absolute atomic E-state index is 13.2. The third-order valence-electron chi connectivity index (χ3n) is 6.75. The standard InChI is InChI=1S/C23H30N4O2.2ClH/c1-17-14-18-4-2-3-5-21(18)27(17)15-19-7-13-29-22(19)23(28)26-10-6-20(16-26)25-11-8-24-9-12-25;;/h2-5,7,13,17,20,24H,6,8-12,14-16H2,1H3;2*1H. The van der Waals surface area contributed by atoms with Crippen LogP contribution in [0.25, 0.3) is 0 Å². The van der Waals surface area contributed by atoms with Crippen LogP contribution in [0, 0.1) is 0 Å². The number of likely N-dealkylation sites (tertiary alicyclic amines) is 1. The number of fused-ring (bicyclic) bond motifs is 1. The van der Waals surface area contributed by atoms with Crippen molar-refractivity contribution in [3.63, 3.8) is 0 Å². The van der Waals surface area contributed by atoms with Crippen LogP contribution in [0.5, 0.6) is 0 Å². The third kappa shape index (κ3) is 4.72. The average Bonchev–Trinajstić information content (AvgIpc) is 3.48. The Balaban J connectivity index is 0.00000136. The van der Waals surface area contributed by atoms with E-state index in [1.54, 1.807) is 6.26 Å². The first-order valence-corrected chi connectivity index (χ1v) is 10.9. The lowest BCUT2D eigenvalue weighted by molar-refractivity contribution is 0.0740. The summed E-state index contributed by atoms with van der Waals surface area (Å²) >= 11 is 0. The first kappa shape index (κ1) is 23.9. The summed E-state index contributed by atoms with van der Waals surface area (Å²) < 4.78 is 5.71. The van der Waals surface area contributed by atoms with Gasteiger partial charge in [0.2, 0.25) is 0 Å². The van der Waals surface area contributed by atoms with Crippen molar-refractivity contribution in [2.75, 3.05) is 44.2 Å². The smallest absolute Gasteiger partial charge is 0.289 e. The van der Waals surface area contributed by atoms with Gasteiger partial charge in [0.25, 0.3) is 5.91 Å². The fourth-order valence-corrected chi connectivity index (χ4v) is 5.12. The number of nitrogens with one attached hydrogen (secondary N) is 1. The van der Waals surface area contributed by atoms with E-state index in [1.807, 2.05) is 11.0 Å². The molecule has 0 spiro atoms. The van der Waals surface area contributed by atoms with Gasteiger partial charge in [-0.1, -0.05) is 18.2 Å². The molecule has 1 aromatic carbocycles. The molecule has 3 aliphatic heterocycles. The van der Waals surface area contributed by atoms with Crippen molar-refractivity contribution in [2.45, 2.75) is 38.4 Å². The van der Waals surface area contributed by atoms with E-state index in [-0.39, 0.29) is 30.7 Å². The number of furan rings is 1. The second-order valence-corrected chi connectivity index (χ2v) is 8.56. The van der Waals surface area contributed by atoms with Gasteiger partial charge in [-0.05, 0) is 37.5 Å². The van der Waals surface area contributed by atoms with Gasteiger partial charge in [0.05, 0.1) is 6.26 Å². The minimum absolute atomic E-state index is 0. The largest absolute Gasteiger partial charge is 0.459 e. The molecule has 2 aromatic rings. The minimum Gasteiger partial charge on any atom is -0.459 e. The Hall–Kier alpha value is -1.73. The van der Waals surface area contributed by atoms with E-state index in [2.05, 4.69) is 46.3 Å². The summed E-state index contributed by atoms with van der Waals surface area (Å²) in [5, 5.41) is 3.41. The fourth-order valence-electron chi connectivity index (χ4n) is 5.12. The molecule has 6 nitrogen and oxygen atoms in total.